The summed E-state index contributed by atoms with van der Waals surface area (Å²) in [6.45, 7) is 1.90. The van der Waals surface area contributed by atoms with Crippen LogP contribution in [0.2, 0.25) is 0 Å². The predicted molar refractivity (Wildman–Crippen MR) is 100 cm³/mol. The van der Waals surface area contributed by atoms with E-state index in [1.807, 2.05) is 43.3 Å². The van der Waals surface area contributed by atoms with Crippen molar-refractivity contribution in [2.24, 2.45) is 0 Å². The second-order valence-corrected chi connectivity index (χ2v) is 5.97. The van der Waals surface area contributed by atoms with Crippen LogP contribution >= 0.6 is 12.2 Å². The van der Waals surface area contributed by atoms with Gasteiger partial charge in [-0.15, -0.1) is 0 Å². The third-order valence-corrected chi connectivity index (χ3v) is 3.80. The molecule has 25 heavy (non-hydrogen) atoms. The van der Waals surface area contributed by atoms with E-state index in [-0.39, 0.29) is 11.0 Å². The highest BCUT2D eigenvalue weighted by molar-refractivity contribution is 7.80. The average molecular weight is 356 g/mol. The van der Waals surface area contributed by atoms with Crippen molar-refractivity contribution < 1.29 is 14.3 Å². The lowest BCUT2D eigenvalue weighted by molar-refractivity contribution is -0.142. The van der Waals surface area contributed by atoms with Crippen LogP contribution in [0.5, 0.6) is 0 Å². The molecule has 2 rings (SSSR count). The monoisotopic (exact) mass is 356 g/mol. The van der Waals surface area contributed by atoms with E-state index in [1.165, 1.54) is 7.11 Å². The standard InChI is InChI=1S/C19H20N2O3S/c1-13-7-6-10-15(11-13)17(22)21-19(25)20-16(18(23)24-2)12-14-8-4-3-5-9-14/h3-11,16H,12H2,1-2H3,(H2,20,21,22,25)/t16-/m1/s1. The largest absolute Gasteiger partial charge is 0.467 e. The fraction of sp³-hybridized carbons (Fsp3) is 0.211. The number of hydrogen-bond acceptors (Lipinski definition) is 4. The average Bonchev–Trinajstić information content (AvgIpc) is 2.61. The number of thiocarbonyl (C=S) groups is 1. The van der Waals surface area contributed by atoms with Crippen molar-refractivity contribution in [3.8, 4) is 0 Å². The van der Waals surface area contributed by atoms with E-state index >= 15 is 0 Å². The highest BCUT2D eigenvalue weighted by Crippen LogP contribution is 2.06. The molecule has 6 heteroatoms. The summed E-state index contributed by atoms with van der Waals surface area (Å²) >= 11 is 5.17. The smallest absolute Gasteiger partial charge is 0.328 e. The van der Waals surface area contributed by atoms with E-state index in [1.54, 1.807) is 18.2 Å². The number of hydrogen-bond donors (Lipinski definition) is 2. The van der Waals surface area contributed by atoms with Crippen LogP contribution in [0.15, 0.2) is 54.6 Å². The summed E-state index contributed by atoms with van der Waals surface area (Å²) in [4.78, 5) is 24.2. The number of methoxy groups -OCH3 is 1. The first-order valence-electron chi connectivity index (χ1n) is 7.80. The lowest BCUT2D eigenvalue weighted by Crippen LogP contribution is -2.49. The van der Waals surface area contributed by atoms with Gasteiger partial charge in [0.15, 0.2) is 5.11 Å². The topological polar surface area (TPSA) is 67.4 Å². The number of aryl methyl sites for hydroxylation is 1. The van der Waals surface area contributed by atoms with Crippen LogP contribution < -0.4 is 10.6 Å². The molecular weight excluding hydrogens is 336 g/mol. The van der Waals surface area contributed by atoms with E-state index in [0.717, 1.165) is 11.1 Å². The fourth-order valence-corrected chi connectivity index (χ4v) is 2.58. The number of ether oxygens (including phenoxy) is 1. The Hall–Kier alpha value is -2.73. The van der Waals surface area contributed by atoms with Gasteiger partial charge in [-0.05, 0) is 36.8 Å². The Bertz CT molecular complexity index is 762. The molecule has 0 aliphatic rings. The van der Waals surface area contributed by atoms with Gasteiger partial charge in [0.25, 0.3) is 5.91 Å². The van der Waals surface area contributed by atoms with E-state index in [0.29, 0.717) is 12.0 Å². The molecule has 0 spiro atoms. The fourth-order valence-electron chi connectivity index (χ4n) is 2.34. The molecule has 0 unspecified atom stereocenters. The summed E-state index contributed by atoms with van der Waals surface area (Å²) in [5.41, 5.74) is 2.43. The van der Waals surface area contributed by atoms with Gasteiger partial charge in [0.05, 0.1) is 7.11 Å². The van der Waals surface area contributed by atoms with Crippen LogP contribution in [0, 0.1) is 6.92 Å². The Kier molecular flexibility index (Phi) is 6.65. The second-order valence-electron chi connectivity index (χ2n) is 5.56. The van der Waals surface area contributed by atoms with Crippen molar-refractivity contribution in [3.63, 3.8) is 0 Å². The lowest BCUT2D eigenvalue weighted by atomic mass is 10.1. The normalized spacial score (nSPS) is 11.3. The highest BCUT2D eigenvalue weighted by Gasteiger charge is 2.21. The van der Waals surface area contributed by atoms with E-state index in [9.17, 15) is 9.59 Å². The SMILES string of the molecule is COC(=O)[C@@H](Cc1ccccc1)NC(=S)NC(=O)c1cccc(C)c1. The summed E-state index contributed by atoms with van der Waals surface area (Å²) in [5, 5.41) is 5.53. The first kappa shape index (κ1) is 18.6. The first-order valence-corrected chi connectivity index (χ1v) is 8.20. The number of nitrogens with one attached hydrogen (secondary N) is 2. The van der Waals surface area contributed by atoms with Crippen molar-refractivity contribution in [1.29, 1.82) is 0 Å². The number of esters is 1. The van der Waals surface area contributed by atoms with Crippen molar-refractivity contribution in [2.75, 3.05) is 7.11 Å². The van der Waals surface area contributed by atoms with Crippen LogP contribution in [0.3, 0.4) is 0 Å². The zero-order valence-electron chi connectivity index (χ0n) is 14.1. The van der Waals surface area contributed by atoms with Crippen LogP contribution in [0.25, 0.3) is 0 Å². The molecule has 0 heterocycles. The molecule has 0 radical (unpaired) electrons. The van der Waals surface area contributed by atoms with E-state index < -0.39 is 12.0 Å². The molecule has 0 aliphatic carbocycles. The molecule has 2 N–H and O–H groups in total. The highest BCUT2D eigenvalue weighted by atomic mass is 32.1. The number of carbonyl (C=O) groups excluding carboxylic acids is 2. The van der Waals surface area contributed by atoms with E-state index in [4.69, 9.17) is 17.0 Å². The number of amides is 1. The van der Waals surface area contributed by atoms with Crippen molar-refractivity contribution in [1.82, 2.24) is 10.6 Å². The molecular formula is C19H20N2O3S. The summed E-state index contributed by atoms with van der Waals surface area (Å²) in [6, 6.07) is 16.0. The van der Waals surface area contributed by atoms with Gasteiger partial charge in [0.2, 0.25) is 0 Å². The minimum absolute atomic E-state index is 0.0813. The summed E-state index contributed by atoms with van der Waals surface area (Å²) < 4.78 is 4.82. The summed E-state index contributed by atoms with van der Waals surface area (Å²) in [5.74, 6) is -0.777. The predicted octanol–water partition coefficient (Wildman–Crippen LogP) is 2.38. The van der Waals surface area contributed by atoms with Crippen molar-refractivity contribution >= 4 is 29.2 Å². The van der Waals surface area contributed by atoms with Crippen LogP contribution in [-0.4, -0.2) is 30.1 Å². The van der Waals surface area contributed by atoms with Gasteiger partial charge in [-0.1, -0.05) is 48.0 Å². The maximum absolute atomic E-state index is 12.2. The number of carbonyl (C=O) groups is 2. The molecule has 2 aromatic rings. The van der Waals surface area contributed by atoms with E-state index in [2.05, 4.69) is 10.6 Å². The Balaban J connectivity index is 2.01. The molecule has 2 aromatic carbocycles. The van der Waals surface area contributed by atoms with Crippen LogP contribution in [0.1, 0.15) is 21.5 Å². The number of rotatable bonds is 5. The van der Waals surface area contributed by atoms with Gasteiger partial charge in [0.1, 0.15) is 6.04 Å². The van der Waals surface area contributed by atoms with Gasteiger partial charge < -0.3 is 10.1 Å². The lowest BCUT2D eigenvalue weighted by Gasteiger charge is -2.18. The second kappa shape index (κ2) is 8.94. The third kappa shape index (κ3) is 5.69. The summed E-state index contributed by atoms with van der Waals surface area (Å²) in [6.07, 6.45) is 0.397. The minimum atomic E-state index is -0.683. The van der Waals surface area contributed by atoms with Gasteiger partial charge in [0, 0.05) is 12.0 Å². The molecule has 130 valence electrons. The van der Waals surface area contributed by atoms with Crippen molar-refractivity contribution in [3.05, 3.63) is 71.3 Å². The number of benzene rings is 2. The van der Waals surface area contributed by atoms with Gasteiger partial charge >= 0.3 is 5.97 Å². The third-order valence-electron chi connectivity index (χ3n) is 3.58. The Morgan fingerprint density at radius 2 is 1.84 bits per heavy atom. The molecule has 1 atom stereocenters. The minimum Gasteiger partial charge on any atom is -0.467 e. The quantitative estimate of drug-likeness (QED) is 0.636. The molecule has 0 saturated carbocycles. The summed E-state index contributed by atoms with van der Waals surface area (Å²) in [7, 11) is 1.32. The van der Waals surface area contributed by atoms with Crippen LogP contribution in [-0.2, 0) is 16.0 Å². The zero-order chi connectivity index (χ0) is 18.2. The van der Waals surface area contributed by atoms with Crippen LogP contribution in [0.4, 0.5) is 0 Å². The molecule has 0 saturated heterocycles. The molecule has 0 aliphatic heterocycles. The Labute approximate surface area is 152 Å². The van der Waals surface area contributed by atoms with Gasteiger partial charge in [-0.2, -0.15) is 0 Å². The molecule has 0 aromatic heterocycles. The van der Waals surface area contributed by atoms with Crippen molar-refractivity contribution in [2.45, 2.75) is 19.4 Å². The molecule has 1 amide bonds. The Morgan fingerprint density at radius 3 is 2.48 bits per heavy atom. The first-order chi connectivity index (χ1) is 12.0. The maximum atomic E-state index is 12.2. The zero-order valence-corrected chi connectivity index (χ0v) is 14.9. The van der Waals surface area contributed by atoms with Gasteiger partial charge in [-0.25, -0.2) is 4.79 Å². The molecule has 0 bridgehead atoms. The Morgan fingerprint density at radius 1 is 1.12 bits per heavy atom. The van der Waals surface area contributed by atoms with Gasteiger partial charge in [-0.3, -0.25) is 10.1 Å². The molecule has 5 nitrogen and oxygen atoms in total. The molecule has 0 fully saturated rings. The maximum Gasteiger partial charge on any atom is 0.328 e.